The molecule has 0 unspecified atom stereocenters. The van der Waals surface area contributed by atoms with Crippen molar-refractivity contribution >= 4 is 26.7 Å². The van der Waals surface area contributed by atoms with E-state index < -0.39 is 15.6 Å². The van der Waals surface area contributed by atoms with E-state index in [9.17, 15) is 13.2 Å². The third-order valence-corrected chi connectivity index (χ3v) is 5.47. The highest BCUT2D eigenvalue weighted by molar-refractivity contribution is 7.89. The molecule has 0 fully saturated rings. The number of sulfonamides is 1. The molecule has 1 aromatic heterocycles. The van der Waals surface area contributed by atoms with Crippen LogP contribution in [0.2, 0.25) is 0 Å². The molecule has 0 aliphatic carbocycles. The molecule has 1 amide bonds. The second-order valence-corrected chi connectivity index (χ2v) is 8.90. The van der Waals surface area contributed by atoms with Crippen LogP contribution in [0.15, 0.2) is 41.6 Å². The summed E-state index contributed by atoms with van der Waals surface area (Å²) in [6.45, 7) is 7.55. The van der Waals surface area contributed by atoms with Crippen molar-refractivity contribution in [2.75, 3.05) is 13.1 Å². The molecule has 1 aromatic carbocycles. The van der Waals surface area contributed by atoms with Crippen molar-refractivity contribution in [2.45, 2.75) is 44.6 Å². The molecule has 7 heteroatoms. The highest BCUT2D eigenvalue weighted by Gasteiger charge is 2.28. The van der Waals surface area contributed by atoms with Crippen LogP contribution in [0.1, 0.15) is 34.1 Å². The van der Waals surface area contributed by atoms with E-state index in [1.165, 1.54) is 4.31 Å². The number of carbonyl (C=O) groups is 1. The molecule has 136 valence electrons. The number of carbonyl (C=O) groups excluding carboxylic acids is 1. The van der Waals surface area contributed by atoms with Crippen LogP contribution in [0.25, 0.3) is 10.8 Å². The van der Waals surface area contributed by atoms with Crippen molar-refractivity contribution in [3.63, 3.8) is 0 Å². The first-order valence-electron chi connectivity index (χ1n) is 8.29. The fourth-order valence-electron chi connectivity index (χ4n) is 2.61. The van der Waals surface area contributed by atoms with Crippen LogP contribution in [-0.2, 0) is 14.8 Å². The van der Waals surface area contributed by atoms with Crippen molar-refractivity contribution in [2.24, 2.45) is 0 Å². The Hall–Kier alpha value is -1.99. The third-order valence-electron chi connectivity index (χ3n) is 3.57. The Morgan fingerprint density at radius 2 is 1.96 bits per heavy atom. The highest BCUT2D eigenvalue weighted by Crippen LogP contribution is 2.25. The van der Waals surface area contributed by atoms with Gasteiger partial charge in [-0.3, -0.25) is 9.78 Å². The van der Waals surface area contributed by atoms with E-state index in [1.54, 1.807) is 30.6 Å². The number of amides is 1. The van der Waals surface area contributed by atoms with E-state index in [-0.39, 0.29) is 23.9 Å². The number of pyridine rings is 1. The molecule has 2 aromatic rings. The Balaban J connectivity index is 2.40. The van der Waals surface area contributed by atoms with Crippen molar-refractivity contribution in [3.05, 3.63) is 36.7 Å². The van der Waals surface area contributed by atoms with Gasteiger partial charge < -0.3 is 5.32 Å². The van der Waals surface area contributed by atoms with E-state index in [0.29, 0.717) is 11.8 Å². The maximum atomic E-state index is 13.2. The Kier molecular flexibility index (Phi) is 5.80. The SMILES string of the molecule is CCCN(CC(=O)NC(C)(C)C)S(=O)(=O)c1cccc2cnccc12. The molecule has 0 spiro atoms. The van der Waals surface area contributed by atoms with Gasteiger partial charge in [0.15, 0.2) is 0 Å². The lowest BCUT2D eigenvalue weighted by atomic mass is 10.1. The average molecular weight is 363 g/mol. The van der Waals surface area contributed by atoms with Crippen molar-refractivity contribution in [1.29, 1.82) is 0 Å². The predicted octanol–water partition coefficient (Wildman–Crippen LogP) is 2.55. The molecule has 0 saturated carbocycles. The zero-order valence-corrected chi connectivity index (χ0v) is 15.9. The maximum absolute atomic E-state index is 13.2. The summed E-state index contributed by atoms with van der Waals surface area (Å²) >= 11 is 0. The number of hydrogen-bond donors (Lipinski definition) is 1. The van der Waals surface area contributed by atoms with Gasteiger partial charge in [0.1, 0.15) is 0 Å². The minimum Gasteiger partial charge on any atom is -0.350 e. The molecule has 0 atom stereocenters. The maximum Gasteiger partial charge on any atom is 0.244 e. The van der Waals surface area contributed by atoms with Crippen LogP contribution >= 0.6 is 0 Å². The Morgan fingerprint density at radius 1 is 1.24 bits per heavy atom. The Morgan fingerprint density at radius 3 is 2.60 bits per heavy atom. The first-order chi connectivity index (χ1) is 11.6. The number of fused-ring (bicyclic) bond motifs is 1. The second kappa shape index (κ2) is 7.49. The molecule has 0 aliphatic rings. The van der Waals surface area contributed by atoms with Crippen LogP contribution in [0.4, 0.5) is 0 Å². The number of benzene rings is 1. The molecule has 0 saturated heterocycles. The number of aromatic nitrogens is 1. The smallest absolute Gasteiger partial charge is 0.244 e. The molecule has 25 heavy (non-hydrogen) atoms. The Labute approximate surface area is 149 Å². The molecule has 0 aliphatic heterocycles. The zero-order chi connectivity index (χ0) is 18.7. The van der Waals surface area contributed by atoms with E-state index in [0.717, 1.165) is 5.39 Å². The molecule has 0 radical (unpaired) electrons. The molecular weight excluding hydrogens is 338 g/mol. The van der Waals surface area contributed by atoms with Gasteiger partial charge in [0, 0.05) is 35.2 Å². The third kappa shape index (κ3) is 4.76. The first-order valence-corrected chi connectivity index (χ1v) is 9.73. The van der Waals surface area contributed by atoms with E-state index >= 15 is 0 Å². The van der Waals surface area contributed by atoms with Crippen LogP contribution in [-0.4, -0.2) is 42.2 Å². The minimum atomic E-state index is -3.80. The van der Waals surface area contributed by atoms with Gasteiger partial charge in [0.05, 0.1) is 11.4 Å². The minimum absolute atomic E-state index is 0.199. The Bertz CT molecular complexity index is 852. The summed E-state index contributed by atoms with van der Waals surface area (Å²) in [6.07, 6.45) is 3.82. The van der Waals surface area contributed by atoms with Crippen LogP contribution in [0.5, 0.6) is 0 Å². The average Bonchev–Trinajstić information content (AvgIpc) is 2.52. The number of nitrogens with zero attached hydrogens (tertiary/aromatic N) is 2. The molecule has 1 heterocycles. The summed E-state index contributed by atoms with van der Waals surface area (Å²) in [6, 6.07) is 6.76. The van der Waals surface area contributed by atoms with Crippen molar-refractivity contribution in [3.8, 4) is 0 Å². The largest absolute Gasteiger partial charge is 0.350 e. The predicted molar refractivity (Wildman–Crippen MR) is 98.7 cm³/mol. The quantitative estimate of drug-likeness (QED) is 0.855. The first kappa shape index (κ1) is 19.3. The fraction of sp³-hybridized carbons (Fsp3) is 0.444. The number of rotatable bonds is 6. The summed E-state index contributed by atoms with van der Waals surface area (Å²) in [5.41, 5.74) is -0.413. The summed E-state index contributed by atoms with van der Waals surface area (Å²) < 4.78 is 27.6. The normalized spacial score (nSPS) is 12.5. The van der Waals surface area contributed by atoms with E-state index in [2.05, 4.69) is 10.3 Å². The van der Waals surface area contributed by atoms with Gasteiger partial charge in [-0.05, 0) is 39.3 Å². The van der Waals surface area contributed by atoms with Crippen LogP contribution in [0, 0.1) is 0 Å². The summed E-state index contributed by atoms with van der Waals surface area (Å²) in [5, 5.41) is 4.17. The van der Waals surface area contributed by atoms with Gasteiger partial charge in [0.25, 0.3) is 0 Å². The van der Waals surface area contributed by atoms with Gasteiger partial charge in [-0.15, -0.1) is 0 Å². The van der Waals surface area contributed by atoms with Crippen molar-refractivity contribution in [1.82, 2.24) is 14.6 Å². The van der Waals surface area contributed by atoms with Gasteiger partial charge in [-0.1, -0.05) is 19.1 Å². The van der Waals surface area contributed by atoms with Gasteiger partial charge in [-0.2, -0.15) is 4.31 Å². The monoisotopic (exact) mass is 363 g/mol. The van der Waals surface area contributed by atoms with Crippen LogP contribution < -0.4 is 5.32 Å². The topological polar surface area (TPSA) is 79.4 Å². The zero-order valence-electron chi connectivity index (χ0n) is 15.1. The van der Waals surface area contributed by atoms with Crippen LogP contribution in [0.3, 0.4) is 0 Å². The molecule has 1 N–H and O–H groups in total. The van der Waals surface area contributed by atoms with Gasteiger partial charge >= 0.3 is 0 Å². The summed E-state index contributed by atoms with van der Waals surface area (Å²) in [4.78, 5) is 16.5. The highest BCUT2D eigenvalue weighted by atomic mass is 32.2. The summed E-state index contributed by atoms with van der Waals surface area (Å²) in [7, 11) is -3.80. The molecular formula is C18H25N3O3S. The van der Waals surface area contributed by atoms with E-state index in [1.807, 2.05) is 33.8 Å². The van der Waals surface area contributed by atoms with Gasteiger partial charge in [-0.25, -0.2) is 8.42 Å². The number of nitrogens with one attached hydrogen (secondary N) is 1. The summed E-state index contributed by atoms with van der Waals surface area (Å²) in [5.74, 6) is -0.313. The van der Waals surface area contributed by atoms with E-state index in [4.69, 9.17) is 0 Å². The van der Waals surface area contributed by atoms with Gasteiger partial charge in [0.2, 0.25) is 15.9 Å². The standard InChI is InChI=1S/C18H25N3O3S/c1-5-11-21(13-17(22)20-18(2,3)4)25(23,24)16-8-6-7-14-12-19-10-9-15(14)16/h6-10,12H,5,11,13H2,1-4H3,(H,20,22). The molecule has 0 bridgehead atoms. The lowest BCUT2D eigenvalue weighted by Crippen LogP contribution is -2.47. The lowest BCUT2D eigenvalue weighted by Gasteiger charge is -2.25. The van der Waals surface area contributed by atoms with Crippen molar-refractivity contribution < 1.29 is 13.2 Å². The second-order valence-electron chi connectivity index (χ2n) is 6.99. The lowest BCUT2D eigenvalue weighted by molar-refractivity contribution is -0.122. The molecule has 6 nitrogen and oxygen atoms in total. The molecule has 2 rings (SSSR count). The number of hydrogen-bond acceptors (Lipinski definition) is 4. The fourth-order valence-corrected chi connectivity index (χ4v) is 4.31.